The Morgan fingerprint density at radius 2 is 2.31 bits per heavy atom. The highest BCUT2D eigenvalue weighted by molar-refractivity contribution is 5.80. The second-order valence-electron chi connectivity index (χ2n) is 3.44. The Balaban J connectivity index is 2.71. The van der Waals surface area contributed by atoms with E-state index in [4.69, 9.17) is 5.73 Å². The Hall–Kier alpha value is -1.35. The maximum Gasteiger partial charge on any atom is 0.137 e. The maximum absolute atomic E-state index is 5.83. The van der Waals surface area contributed by atoms with Gasteiger partial charge in [-0.05, 0) is 31.0 Å². The van der Waals surface area contributed by atoms with Gasteiger partial charge in [0.05, 0.1) is 0 Å². The van der Waals surface area contributed by atoms with Gasteiger partial charge in [-0.2, -0.15) is 0 Å². The number of nitrogens with zero attached hydrogens (tertiary/aromatic N) is 1. The molecule has 0 aromatic carbocycles. The molecule has 2 aromatic heterocycles. The second kappa shape index (κ2) is 2.85. The van der Waals surface area contributed by atoms with E-state index in [1.165, 1.54) is 0 Å². The first-order chi connectivity index (χ1) is 6.18. The van der Waals surface area contributed by atoms with Crippen molar-refractivity contribution >= 4 is 11.0 Å². The second-order valence-corrected chi connectivity index (χ2v) is 3.44. The summed E-state index contributed by atoms with van der Waals surface area (Å²) in [6.45, 7) is 4.01. The molecule has 0 aliphatic heterocycles. The minimum absolute atomic E-state index is 0.0531. The molecule has 0 bridgehead atoms. The van der Waals surface area contributed by atoms with E-state index in [1.54, 1.807) is 0 Å². The zero-order valence-corrected chi connectivity index (χ0v) is 7.83. The number of aryl methyl sites for hydroxylation is 1. The van der Waals surface area contributed by atoms with Crippen molar-refractivity contribution in [1.82, 2.24) is 9.97 Å². The lowest BCUT2D eigenvalue weighted by Gasteiger charge is -2.02. The standard InChI is InChI=1S/C10H13N3/c1-6-3-8-9(7(2)11)5-13-10(8)12-4-6/h3-5,7H,11H2,1-2H3,(H,12,13). The SMILES string of the molecule is Cc1cnc2[nH]cc(C(C)N)c2c1. The number of hydrogen-bond donors (Lipinski definition) is 2. The number of hydrogen-bond acceptors (Lipinski definition) is 2. The van der Waals surface area contributed by atoms with Crippen LogP contribution < -0.4 is 5.73 Å². The first-order valence-electron chi connectivity index (χ1n) is 4.37. The molecule has 13 heavy (non-hydrogen) atoms. The molecule has 1 atom stereocenters. The lowest BCUT2D eigenvalue weighted by atomic mass is 10.1. The van der Waals surface area contributed by atoms with Crippen LogP contribution in [0.3, 0.4) is 0 Å². The topological polar surface area (TPSA) is 54.7 Å². The molecular weight excluding hydrogens is 162 g/mol. The fourth-order valence-electron chi connectivity index (χ4n) is 1.50. The van der Waals surface area contributed by atoms with Crippen molar-refractivity contribution in [3.63, 3.8) is 0 Å². The summed E-state index contributed by atoms with van der Waals surface area (Å²) in [6, 6.07) is 2.16. The van der Waals surface area contributed by atoms with Gasteiger partial charge < -0.3 is 10.7 Å². The molecule has 0 aliphatic carbocycles. The summed E-state index contributed by atoms with van der Waals surface area (Å²) in [6.07, 6.45) is 3.78. The van der Waals surface area contributed by atoms with Crippen molar-refractivity contribution in [1.29, 1.82) is 0 Å². The summed E-state index contributed by atoms with van der Waals surface area (Å²) in [5.74, 6) is 0. The van der Waals surface area contributed by atoms with Crippen molar-refractivity contribution in [3.8, 4) is 0 Å². The van der Waals surface area contributed by atoms with E-state index in [0.717, 1.165) is 22.2 Å². The molecule has 68 valence electrons. The van der Waals surface area contributed by atoms with Gasteiger partial charge in [0.1, 0.15) is 5.65 Å². The molecule has 3 N–H and O–H groups in total. The summed E-state index contributed by atoms with van der Waals surface area (Å²) < 4.78 is 0. The molecule has 2 aromatic rings. The van der Waals surface area contributed by atoms with Crippen molar-refractivity contribution in [3.05, 3.63) is 29.6 Å². The van der Waals surface area contributed by atoms with Crippen LogP contribution in [-0.4, -0.2) is 9.97 Å². The third kappa shape index (κ3) is 1.31. The largest absolute Gasteiger partial charge is 0.346 e. The number of aromatic nitrogens is 2. The van der Waals surface area contributed by atoms with Crippen LogP contribution in [0.5, 0.6) is 0 Å². The lowest BCUT2D eigenvalue weighted by molar-refractivity contribution is 0.826. The predicted molar refractivity (Wildman–Crippen MR) is 53.4 cm³/mol. The zero-order valence-electron chi connectivity index (χ0n) is 7.83. The summed E-state index contributed by atoms with van der Waals surface area (Å²) in [4.78, 5) is 7.38. The average molecular weight is 175 g/mol. The number of nitrogens with two attached hydrogens (primary N) is 1. The molecule has 3 nitrogen and oxygen atoms in total. The molecule has 0 fully saturated rings. The van der Waals surface area contributed by atoms with E-state index >= 15 is 0 Å². The van der Waals surface area contributed by atoms with Crippen LogP contribution in [0.15, 0.2) is 18.5 Å². The summed E-state index contributed by atoms with van der Waals surface area (Å²) >= 11 is 0. The molecule has 0 amide bonds. The minimum Gasteiger partial charge on any atom is -0.346 e. The number of pyridine rings is 1. The van der Waals surface area contributed by atoms with Crippen molar-refractivity contribution in [2.45, 2.75) is 19.9 Å². The number of fused-ring (bicyclic) bond motifs is 1. The molecule has 0 aliphatic rings. The first kappa shape index (κ1) is 8.26. The fourth-order valence-corrected chi connectivity index (χ4v) is 1.50. The fraction of sp³-hybridized carbons (Fsp3) is 0.300. The Labute approximate surface area is 77.0 Å². The van der Waals surface area contributed by atoms with E-state index in [-0.39, 0.29) is 6.04 Å². The van der Waals surface area contributed by atoms with Crippen LogP contribution in [0, 0.1) is 6.92 Å². The molecule has 2 heterocycles. The molecule has 0 spiro atoms. The van der Waals surface area contributed by atoms with Crippen molar-refractivity contribution < 1.29 is 0 Å². The van der Waals surface area contributed by atoms with Gasteiger partial charge in [-0.25, -0.2) is 4.98 Å². The maximum atomic E-state index is 5.83. The van der Waals surface area contributed by atoms with Crippen molar-refractivity contribution in [2.75, 3.05) is 0 Å². The quantitative estimate of drug-likeness (QED) is 0.695. The number of aromatic amines is 1. The number of H-pyrrole nitrogens is 1. The van der Waals surface area contributed by atoms with Gasteiger partial charge in [0, 0.05) is 23.8 Å². The van der Waals surface area contributed by atoms with E-state index < -0.39 is 0 Å². The summed E-state index contributed by atoms with van der Waals surface area (Å²) in [5.41, 5.74) is 9.03. The number of rotatable bonds is 1. The molecule has 1 unspecified atom stereocenters. The summed E-state index contributed by atoms with van der Waals surface area (Å²) in [5, 5.41) is 1.13. The molecule has 0 radical (unpaired) electrons. The van der Waals surface area contributed by atoms with E-state index in [2.05, 4.69) is 16.0 Å². The van der Waals surface area contributed by atoms with Gasteiger partial charge in [0.25, 0.3) is 0 Å². The van der Waals surface area contributed by atoms with Crippen LogP contribution in [0.4, 0.5) is 0 Å². The van der Waals surface area contributed by atoms with Crippen LogP contribution in [0.2, 0.25) is 0 Å². The third-order valence-electron chi connectivity index (χ3n) is 2.19. The highest BCUT2D eigenvalue weighted by Gasteiger charge is 2.07. The third-order valence-corrected chi connectivity index (χ3v) is 2.19. The zero-order chi connectivity index (χ0) is 9.42. The molecule has 0 saturated carbocycles. The Kier molecular flexibility index (Phi) is 1.81. The predicted octanol–water partition coefficient (Wildman–Crippen LogP) is 1.89. The van der Waals surface area contributed by atoms with E-state index in [0.29, 0.717) is 0 Å². The molecule has 0 saturated heterocycles. The molecule has 3 heteroatoms. The van der Waals surface area contributed by atoms with Crippen LogP contribution >= 0.6 is 0 Å². The number of nitrogens with one attached hydrogen (secondary N) is 1. The monoisotopic (exact) mass is 175 g/mol. The summed E-state index contributed by atoms with van der Waals surface area (Å²) in [7, 11) is 0. The highest BCUT2D eigenvalue weighted by Crippen LogP contribution is 2.21. The van der Waals surface area contributed by atoms with Gasteiger partial charge in [0.2, 0.25) is 0 Å². The highest BCUT2D eigenvalue weighted by atomic mass is 14.8. The van der Waals surface area contributed by atoms with Crippen LogP contribution in [0.25, 0.3) is 11.0 Å². The Bertz CT molecular complexity index is 429. The van der Waals surface area contributed by atoms with Crippen LogP contribution in [0.1, 0.15) is 24.1 Å². The van der Waals surface area contributed by atoms with Gasteiger partial charge in [-0.1, -0.05) is 0 Å². The smallest absolute Gasteiger partial charge is 0.137 e. The molecular formula is C10H13N3. The Morgan fingerprint density at radius 1 is 1.54 bits per heavy atom. The molecule has 2 rings (SSSR count). The average Bonchev–Trinajstić information content (AvgIpc) is 2.46. The van der Waals surface area contributed by atoms with Gasteiger partial charge in [-0.3, -0.25) is 0 Å². The van der Waals surface area contributed by atoms with Gasteiger partial charge in [0.15, 0.2) is 0 Å². The van der Waals surface area contributed by atoms with Gasteiger partial charge >= 0.3 is 0 Å². The Morgan fingerprint density at radius 3 is 3.00 bits per heavy atom. The van der Waals surface area contributed by atoms with Gasteiger partial charge in [-0.15, -0.1) is 0 Å². The van der Waals surface area contributed by atoms with Crippen molar-refractivity contribution in [2.24, 2.45) is 5.73 Å². The van der Waals surface area contributed by atoms with Crippen LogP contribution in [-0.2, 0) is 0 Å². The lowest BCUT2D eigenvalue weighted by Crippen LogP contribution is -2.03. The van der Waals surface area contributed by atoms with E-state index in [9.17, 15) is 0 Å². The first-order valence-corrected chi connectivity index (χ1v) is 4.37. The van der Waals surface area contributed by atoms with E-state index in [1.807, 2.05) is 26.2 Å². The normalized spacial score (nSPS) is 13.5. The minimum atomic E-state index is 0.0531.